The van der Waals surface area contributed by atoms with Gasteiger partial charge in [-0.15, -0.1) is 0 Å². The maximum Gasteiger partial charge on any atom is 0.336 e. The summed E-state index contributed by atoms with van der Waals surface area (Å²) in [7, 11) is 0. The molecule has 27 heavy (non-hydrogen) atoms. The minimum Gasteiger partial charge on any atom is -0.489 e. The number of carbonyl (C=O) groups is 1. The first-order valence-corrected chi connectivity index (χ1v) is 8.94. The Bertz CT molecular complexity index is 956. The third-order valence-corrected chi connectivity index (χ3v) is 4.67. The zero-order valence-electron chi connectivity index (χ0n) is 14.9. The maximum absolute atomic E-state index is 11.3. The van der Waals surface area contributed by atoms with Crippen LogP contribution in [0.1, 0.15) is 27.0 Å². The van der Waals surface area contributed by atoms with Crippen molar-refractivity contribution in [3.05, 3.63) is 94.0 Å². The van der Waals surface area contributed by atoms with E-state index < -0.39 is 5.97 Å². The van der Waals surface area contributed by atoms with Crippen molar-refractivity contribution in [2.45, 2.75) is 20.1 Å². The standard InChI is InChI=1S/C22H20ClNO3/c1-15-19(22(25)26)9-5-11-21(15)24-13-16-6-4-8-18(12-16)27-14-17-7-2-3-10-20(17)23/h2-12,24H,13-14H2,1H3,(H,25,26). The van der Waals surface area contributed by atoms with Gasteiger partial charge in [-0.1, -0.05) is 48.0 Å². The second-order valence-corrected chi connectivity index (χ2v) is 6.57. The number of halogens is 1. The van der Waals surface area contributed by atoms with Gasteiger partial charge in [0.2, 0.25) is 0 Å². The summed E-state index contributed by atoms with van der Waals surface area (Å²) in [4.78, 5) is 11.3. The summed E-state index contributed by atoms with van der Waals surface area (Å²) in [6.45, 7) is 2.76. The molecule has 0 aliphatic carbocycles. The lowest BCUT2D eigenvalue weighted by atomic mass is 10.1. The molecule has 0 heterocycles. The predicted molar refractivity (Wildman–Crippen MR) is 108 cm³/mol. The molecule has 0 saturated carbocycles. The lowest BCUT2D eigenvalue weighted by Gasteiger charge is -2.13. The fourth-order valence-corrected chi connectivity index (χ4v) is 2.97. The van der Waals surface area contributed by atoms with Crippen LogP contribution in [-0.4, -0.2) is 11.1 Å². The first-order chi connectivity index (χ1) is 13.0. The van der Waals surface area contributed by atoms with E-state index in [0.29, 0.717) is 23.7 Å². The van der Waals surface area contributed by atoms with Crippen LogP contribution in [0.5, 0.6) is 5.75 Å². The van der Waals surface area contributed by atoms with Crippen molar-refractivity contribution in [1.29, 1.82) is 0 Å². The van der Waals surface area contributed by atoms with Crippen LogP contribution in [0.15, 0.2) is 66.7 Å². The van der Waals surface area contributed by atoms with Gasteiger partial charge in [0.25, 0.3) is 0 Å². The number of anilines is 1. The monoisotopic (exact) mass is 381 g/mol. The van der Waals surface area contributed by atoms with Crippen LogP contribution in [0.3, 0.4) is 0 Å². The van der Waals surface area contributed by atoms with Crippen LogP contribution >= 0.6 is 11.6 Å². The molecule has 138 valence electrons. The largest absolute Gasteiger partial charge is 0.489 e. The number of aromatic carboxylic acids is 1. The van der Waals surface area contributed by atoms with Crippen LogP contribution in [0, 0.1) is 6.92 Å². The quantitative estimate of drug-likeness (QED) is 0.564. The lowest BCUT2D eigenvalue weighted by molar-refractivity contribution is 0.0696. The molecule has 0 spiro atoms. The lowest BCUT2D eigenvalue weighted by Crippen LogP contribution is -2.06. The molecule has 0 fully saturated rings. The van der Waals surface area contributed by atoms with Gasteiger partial charge in [-0.3, -0.25) is 0 Å². The molecule has 4 nitrogen and oxygen atoms in total. The molecular weight excluding hydrogens is 362 g/mol. The van der Waals surface area contributed by atoms with Gasteiger partial charge in [0, 0.05) is 22.8 Å². The zero-order valence-corrected chi connectivity index (χ0v) is 15.7. The van der Waals surface area contributed by atoms with Gasteiger partial charge in [0.15, 0.2) is 0 Å². The van der Waals surface area contributed by atoms with Crippen molar-refractivity contribution >= 4 is 23.3 Å². The van der Waals surface area contributed by atoms with Crippen LogP contribution in [-0.2, 0) is 13.2 Å². The Kier molecular flexibility index (Phi) is 5.99. The number of hydrogen-bond donors (Lipinski definition) is 2. The van der Waals surface area contributed by atoms with Gasteiger partial charge >= 0.3 is 5.97 Å². The summed E-state index contributed by atoms with van der Waals surface area (Å²) < 4.78 is 5.85. The molecule has 0 radical (unpaired) electrons. The van der Waals surface area contributed by atoms with E-state index in [4.69, 9.17) is 16.3 Å². The van der Waals surface area contributed by atoms with Crippen molar-refractivity contribution < 1.29 is 14.6 Å². The average Bonchev–Trinajstić information content (AvgIpc) is 2.67. The van der Waals surface area contributed by atoms with Crippen molar-refractivity contribution in [3.8, 4) is 5.75 Å². The first-order valence-electron chi connectivity index (χ1n) is 8.56. The Labute approximate surface area is 163 Å². The molecule has 3 rings (SSSR count). The third kappa shape index (κ3) is 4.80. The Hall–Kier alpha value is -2.98. The number of ether oxygens (including phenoxy) is 1. The molecule has 0 aromatic heterocycles. The number of nitrogens with one attached hydrogen (secondary N) is 1. The topological polar surface area (TPSA) is 58.6 Å². The van der Waals surface area contributed by atoms with Crippen molar-refractivity contribution in [2.24, 2.45) is 0 Å². The summed E-state index contributed by atoms with van der Waals surface area (Å²) in [5, 5.41) is 13.2. The van der Waals surface area contributed by atoms with E-state index in [-0.39, 0.29) is 0 Å². The van der Waals surface area contributed by atoms with Crippen molar-refractivity contribution in [2.75, 3.05) is 5.32 Å². The number of carboxylic acids is 1. The second-order valence-electron chi connectivity index (χ2n) is 6.16. The minimum absolute atomic E-state index is 0.303. The smallest absolute Gasteiger partial charge is 0.336 e. The van der Waals surface area contributed by atoms with Gasteiger partial charge in [-0.25, -0.2) is 4.79 Å². The van der Waals surface area contributed by atoms with Crippen LogP contribution in [0.25, 0.3) is 0 Å². The highest BCUT2D eigenvalue weighted by Gasteiger charge is 2.10. The van der Waals surface area contributed by atoms with Crippen molar-refractivity contribution in [1.82, 2.24) is 0 Å². The van der Waals surface area contributed by atoms with Crippen LogP contribution < -0.4 is 10.1 Å². The zero-order chi connectivity index (χ0) is 19.2. The Morgan fingerprint density at radius 3 is 2.63 bits per heavy atom. The molecule has 3 aromatic rings. The SMILES string of the molecule is Cc1c(NCc2cccc(OCc3ccccc3Cl)c2)cccc1C(=O)O. The number of benzene rings is 3. The highest BCUT2D eigenvalue weighted by Crippen LogP contribution is 2.22. The number of carboxylic acid groups (broad SMARTS) is 1. The molecule has 0 saturated heterocycles. The van der Waals surface area contributed by atoms with E-state index in [1.165, 1.54) is 0 Å². The van der Waals surface area contributed by atoms with Crippen LogP contribution in [0.4, 0.5) is 5.69 Å². The molecule has 0 bridgehead atoms. The molecule has 2 N–H and O–H groups in total. The molecule has 0 aliphatic rings. The molecule has 0 aliphatic heterocycles. The highest BCUT2D eigenvalue weighted by molar-refractivity contribution is 6.31. The van der Waals surface area contributed by atoms with Gasteiger partial charge in [0.1, 0.15) is 12.4 Å². The van der Waals surface area contributed by atoms with Crippen LogP contribution in [0.2, 0.25) is 5.02 Å². The fourth-order valence-electron chi connectivity index (χ4n) is 2.78. The average molecular weight is 382 g/mol. The minimum atomic E-state index is -0.925. The fraction of sp³-hybridized carbons (Fsp3) is 0.136. The third-order valence-electron chi connectivity index (χ3n) is 4.30. The normalized spacial score (nSPS) is 10.4. The second kappa shape index (κ2) is 8.60. The Morgan fingerprint density at radius 1 is 1.07 bits per heavy atom. The molecule has 0 unspecified atom stereocenters. The molecule has 3 aromatic carbocycles. The summed E-state index contributed by atoms with van der Waals surface area (Å²) in [6.07, 6.45) is 0. The van der Waals surface area contributed by atoms with E-state index >= 15 is 0 Å². The van der Waals surface area contributed by atoms with E-state index in [1.807, 2.05) is 54.6 Å². The number of rotatable bonds is 7. The summed E-state index contributed by atoms with van der Waals surface area (Å²) in [5.74, 6) is -0.170. The summed E-state index contributed by atoms with van der Waals surface area (Å²) >= 11 is 6.16. The van der Waals surface area contributed by atoms with E-state index in [2.05, 4.69) is 5.32 Å². The molecular formula is C22H20ClNO3. The Morgan fingerprint density at radius 2 is 1.85 bits per heavy atom. The predicted octanol–water partition coefficient (Wildman–Crippen LogP) is 5.54. The molecule has 5 heteroatoms. The van der Waals surface area contributed by atoms with Gasteiger partial charge in [0.05, 0.1) is 5.56 Å². The van der Waals surface area contributed by atoms with E-state index in [0.717, 1.165) is 28.1 Å². The first kappa shape index (κ1) is 18.8. The summed E-state index contributed by atoms with van der Waals surface area (Å²) in [5.41, 5.74) is 3.79. The molecule has 0 atom stereocenters. The number of hydrogen-bond acceptors (Lipinski definition) is 3. The van der Waals surface area contributed by atoms with Gasteiger partial charge in [-0.05, 0) is 48.4 Å². The van der Waals surface area contributed by atoms with E-state index in [9.17, 15) is 9.90 Å². The maximum atomic E-state index is 11.3. The highest BCUT2D eigenvalue weighted by atomic mass is 35.5. The molecule has 0 amide bonds. The van der Waals surface area contributed by atoms with Gasteiger partial charge in [-0.2, -0.15) is 0 Å². The summed E-state index contributed by atoms with van der Waals surface area (Å²) in [6, 6.07) is 20.6. The van der Waals surface area contributed by atoms with Crippen molar-refractivity contribution in [3.63, 3.8) is 0 Å². The van der Waals surface area contributed by atoms with Gasteiger partial charge < -0.3 is 15.2 Å². The van der Waals surface area contributed by atoms with E-state index in [1.54, 1.807) is 19.1 Å². The Balaban J connectivity index is 1.65.